The Morgan fingerprint density at radius 1 is 1.00 bits per heavy atom. The van der Waals surface area contributed by atoms with Gasteiger partial charge in [0.1, 0.15) is 5.82 Å². The average Bonchev–Trinajstić information content (AvgIpc) is 2.49. The van der Waals surface area contributed by atoms with Gasteiger partial charge in [0.25, 0.3) is 11.8 Å². The van der Waals surface area contributed by atoms with Crippen molar-refractivity contribution in [2.45, 2.75) is 6.92 Å². The van der Waals surface area contributed by atoms with E-state index in [0.29, 0.717) is 5.69 Å². The summed E-state index contributed by atoms with van der Waals surface area (Å²) in [6, 6.07) is 13.2. The maximum absolute atomic E-state index is 13.1. The molecule has 6 heteroatoms. The summed E-state index contributed by atoms with van der Waals surface area (Å²) in [4.78, 5) is 24.7. The molecule has 0 aliphatic heterocycles. The minimum absolute atomic E-state index is 0.109. The standard InChI is InChI=1S/C18H20FN3O2/c1-13-6-3-4-9-16(13)21-18(24)12-22(2)11-17(23)20-15-8-5-7-14(19)10-15/h3-10H,11-12H2,1-2H3,(H,20,23)(H,21,24)/p+1. The quantitative estimate of drug-likeness (QED) is 0.746. The van der Waals surface area contributed by atoms with Gasteiger partial charge >= 0.3 is 0 Å². The van der Waals surface area contributed by atoms with Gasteiger partial charge in [-0.25, -0.2) is 4.39 Å². The smallest absolute Gasteiger partial charge is 0.279 e. The summed E-state index contributed by atoms with van der Waals surface area (Å²) in [5.74, 6) is -0.853. The number of hydrogen-bond acceptors (Lipinski definition) is 2. The van der Waals surface area contributed by atoms with Gasteiger partial charge in [-0.05, 0) is 36.8 Å². The number of halogens is 1. The van der Waals surface area contributed by atoms with E-state index < -0.39 is 5.82 Å². The van der Waals surface area contributed by atoms with Crippen LogP contribution in [0.2, 0.25) is 0 Å². The zero-order chi connectivity index (χ0) is 17.5. The van der Waals surface area contributed by atoms with Crippen molar-refractivity contribution in [3.63, 3.8) is 0 Å². The molecule has 5 nitrogen and oxygen atoms in total. The second-order valence-corrected chi connectivity index (χ2v) is 5.73. The van der Waals surface area contributed by atoms with Crippen LogP contribution in [-0.2, 0) is 9.59 Å². The van der Waals surface area contributed by atoms with E-state index in [4.69, 9.17) is 0 Å². The number of nitrogens with one attached hydrogen (secondary N) is 3. The number of quaternary nitrogens is 1. The van der Waals surface area contributed by atoms with Gasteiger partial charge in [0.05, 0.1) is 7.05 Å². The molecule has 0 saturated carbocycles. The molecule has 0 heterocycles. The first-order chi connectivity index (χ1) is 11.4. The number of likely N-dealkylation sites (N-methyl/N-ethyl adjacent to an activating group) is 1. The molecule has 3 N–H and O–H groups in total. The fraction of sp³-hybridized carbons (Fsp3) is 0.222. The van der Waals surface area contributed by atoms with Crippen LogP contribution in [0.15, 0.2) is 48.5 Å². The Bertz CT molecular complexity index is 734. The number of para-hydroxylation sites is 1. The molecule has 2 aromatic rings. The first-order valence-electron chi connectivity index (χ1n) is 7.66. The van der Waals surface area contributed by atoms with Crippen molar-refractivity contribution in [1.82, 2.24) is 0 Å². The molecule has 0 fully saturated rings. The molecular weight excluding hydrogens is 309 g/mol. The van der Waals surface area contributed by atoms with Gasteiger partial charge < -0.3 is 15.5 Å². The largest absolute Gasteiger partial charge is 0.322 e. The predicted molar refractivity (Wildman–Crippen MR) is 91.5 cm³/mol. The lowest BCUT2D eigenvalue weighted by molar-refractivity contribution is -0.862. The lowest BCUT2D eigenvalue weighted by Gasteiger charge is -2.14. The zero-order valence-corrected chi connectivity index (χ0v) is 13.7. The number of hydrogen-bond donors (Lipinski definition) is 3. The molecule has 0 aliphatic carbocycles. The summed E-state index contributed by atoms with van der Waals surface area (Å²) in [7, 11) is 1.75. The van der Waals surface area contributed by atoms with Crippen LogP contribution in [0.1, 0.15) is 5.56 Å². The van der Waals surface area contributed by atoms with Gasteiger partial charge in [0.2, 0.25) is 0 Å². The lowest BCUT2D eigenvalue weighted by Crippen LogP contribution is -3.11. The number of benzene rings is 2. The first kappa shape index (κ1) is 17.6. The Morgan fingerprint density at radius 2 is 1.67 bits per heavy atom. The van der Waals surface area contributed by atoms with E-state index in [2.05, 4.69) is 10.6 Å². The molecule has 2 rings (SSSR count). The van der Waals surface area contributed by atoms with Crippen molar-refractivity contribution < 1.29 is 18.9 Å². The van der Waals surface area contributed by atoms with E-state index >= 15 is 0 Å². The second kappa shape index (κ2) is 8.21. The maximum Gasteiger partial charge on any atom is 0.279 e. The summed E-state index contributed by atoms with van der Waals surface area (Å²) < 4.78 is 13.1. The lowest BCUT2D eigenvalue weighted by atomic mass is 10.2. The van der Waals surface area contributed by atoms with Crippen LogP contribution in [-0.4, -0.2) is 32.0 Å². The highest BCUT2D eigenvalue weighted by molar-refractivity contribution is 5.93. The summed E-state index contributed by atoms with van der Waals surface area (Å²) in [6.45, 7) is 2.18. The van der Waals surface area contributed by atoms with Gasteiger partial charge in [-0.1, -0.05) is 24.3 Å². The summed E-state index contributed by atoms with van der Waals surface area (Å²) in [6.07, 6.45) is 0. The van der Waals surface area contributed by atoms with E-state index in [0.717, 1.165) is 16.2 Å². The van der Waals surface area contributed by atoms with Crippen molar-refractivity contribution in [3.05, 3.63) is 59.9 Å². The number of aryl methyl sites for hydroxylation is 1. The second-order valence-electron chi connectivity index (χ2n) is 5.73. The number of rotatable bonds is 6. The molecule has 2 amide bonds. The highest BCUT2D eigenvalue weighted by Gasteiger charge is 2.15. The maximum atomic E-state index is 13.1. The fourth-order valence-electron chi connectivity index (χ4n) is 2.29. The summed E-state index contributed by atoms with van der Waals surface area (Å²) in [5, 5.41) is 5.44. The number of carbonyl (C=O) groups is 2. The van der Waals surface area contributed by atoms with Gasteiger partial charge in [-0.3, -0.25) is 9.59 Å². The molecule has 0 radical (unpaired) electrons. The molecule has 0 aromatic heterocycles. The molecule has 0 bridgehead atoms. The normalized spacial score (nSPS) is 11.6. The van der Waals surface area contributed by atoms with Gasteiger partial charge in [-0.15, -0.1) is 0 Å². The Kier molecular flexibility index (Phi) is 6.03. The predicted octanol–water partition coefficient (Wildman–Crippen LogP) is 1.23. The molecule has 126 valence electrons. The van der Waals surface area contributed by atoms with Gasteiger partial charge in [-0.2, -0.15) is 0 Å². The highest BCUT2D eigenvalue weighted by Crippen LogP contribution is 2.12. The van der Waals surface area contributed by atoms with Crippen molar-refractivity contribution in [2.24, 2.45) is 0 Å². The average molecular weight is 330 g/mol. The van der Waals surface area contributed by atoms with Crippen LogP contribution in [0.3, 0.4) is 0 Å². The summed E-state index contributed by atoms with van der Waals surface area (Å²) in [5.41, 5.74) is 2.14. The van der Waals surface area contributed by atoms with Crippen LogP contribution in [0.25, 0.3) is 0 Å². The Morgan fingerprint density at radius 3 is 2.33 bits per heavy atom. The summed E-state index contributed by atoms with van der Waals surface area (Å²) >= 11 is 0. The van der Waals surface area contributed by atoms with Crippen LogP contribution in [0.4, 0.5) is 15.8 Å². The molecule has 0 aliphatic rings. The third-order valence-electron chi connectivity index (χ3n) is 3.45. The Balaban J connectivity index is 1.81. The van der Waals surface area contributed by atoms with Gasteiger partial charge in [0, 0.05) is 11.4 Å². The van der Waals surface area contributed by atoms with Crippen molar-refractivity contribution >= 4 is 23.2 Å². The zero-order valence-electron chi connectivity index (χ0n) is 13.7. The molecule has 0 saturated heterocycles. The van der Waals surface area contributed by atoms with Crippen LogP contribution in [0.5, 0.6) is 0 Å². The minimum Gasteiger partial charge on any atom is -0.322 e. The monoisotopic (exact) mass is 330 g/mol. The molecule has 24 heavy (non-hydrogen) atoms. The van der Waals surface area contributed by atoms with Crippen molar-refractivity contribution in [3.8, 4) is 0 Å². The minimum atomic E-state index is -0.411. The van der Waals surface area contributed by atoms with Crippen molar-refractivity contribution in [1.29, 1.82) is 0 Å². The molecule has 2 aromatic carbocycles. The van der Waals surface area contributed by atoms with Gasteiger partial charge in [0.15, 0.2) is 13.1 Å². The van der Waals surface area contributed by atoms with E-state index in [1.165, 1.54) is 18.2 Å². The fourth-order valence-corrected chi connectivity index (χ4v) is 2.29. The highest BCUT2D eigenvalue weighted by atomic mass is 19.1. The van der Waals surface area contributed by atoms with E-state index in [-0.39, 0.29) is 24.9 Å². The third-order valence-corrected chi connectivity index (χ3v) is 3.45. The molecule has 1 unspecified atom stereocenters. The Hall–Kier alpha value is -2.73. The van der Waals surface area contributed by atoms with Crippen molar-refractivity contribution in [2.75, 3.05) is 30.8 Å². The van der Waals surface area contributed by atoms with Crippen LogP contribution < -0.4 is 15.5 Å². The van der Waals surface area contributed by atoms with E-state index in [1.807, 2.05) is 31.2 Å². The molecule has 0 spiro atoms. The Labute approximate surface area is 140 Å². The van der Waals surface area contributed by atoms with E-state index in [9.17, 15) is 14.0 Å². The topological polar surface area (TPSA) is 62.6 Å². The number of anilines is 2. The van der Waals surface area contributed by atoms with E-state index in [1.54, 1.807) is 13.1 Å². The molecular formula is C18H21FN3O2+. The third kappa shape index (κ3) is 5.48. The number of carbonyl (C=O) groups excluding carboxylic acids is 2. The van der Waals surface area contributed by atoms with Crippen LogP contribution >= 0.6 is 0 Å². The molecule has 1 atom stereocenters. The van der Waals surface area contributed by atoms with Crippen LogP contribution in [0, 0.1) is 12.7 Å². The SMILES string of the molecule is Cc1ccccc1NC(=O)C[NH+](C)CC(=O)Nc1cccc(F)c1. The first-order valence-corrected chi connectivity index (χ1v) is 7.66. The number of amides is 2.